The summed E-state index contributed by atoms with van der Waals surface area (Å²) in [5.41, 5.74) is -6.84. The highest BCUT2D eigenvalue weighted by molar-refractivity contribution is 7.96. The minimum Gasteiger partial charge on any atom is -0.540 e. The maximum atomic E-state index is 16.4. The van der Waals surface area contributed by atoms with E-state index in [0.29, 0.717) is 19.1 Å². The van der Waals surface area contributed by atoms with Gasteiger partial charge in [0.05, 0.1) is 0 Å². The second kappa shape index (κ2) is 14.1. The fourth-order valence-electron chi connectivity index (χ4n) is 7.08. The first-order chi connectivity index (χ1) is 26.6. The van der Waals surface area contributed by atoms with Crippen LogP contribution in [-0.2, 0) is 4.65 Å². The Morgan fingerprint density at radius 3 is 0.947 bits per heavy atom. The highest BCUT2D eigenvalue weighted by Gasteiger charge is 2.72. The van der Waals surface area contributed by atoms with Crippen molar-refractivity contribution in [1.82, 2.24) is 0 Å². The van der Waals surface area contributed by atoms with Gasteiger partial charge >= 0.3 is 0 Å². The van der Waals surface area contributed by atoms with E-state index in [1.54, 1.807) is 0 Å². The summed E-state index contributed by atoms with van der Waals surface area (Å²) in [4.78, 5) is 0. The lowest BCUT2D eigenvalue weighted by molar-refractivity contribution is 0.294. The lowest BCUT2D eigenvalue weighted by Gasteiger charge is -2.39. The van der Waals surface area contributed by atoms with Gasteiger partial charge in [0.25, 0.3) is 0 Å². The number of hydrogen-bond donors (Lipinski definition) is 0. The summed E-state index contributed by atoms with van der Waals surface area (Å²) >= 11 is 0. The predicted octanol–water partition coefficient (Wildman–Crippen LogP) is 9.37. The second-order valence-electron chi connectivity index (χ2n) is 11.9. The molecular weight excluding hydrogens is 846 g/mol. The van der Waals surface area contributed by atoms with E-state index in [0.717, 1.165) is 18.2 Å². The van der Waals surface area contributed by atoms with Gasteiger partial charge < -0.3 is 4.65 Å². The van der Waals surface area contributed by atoms with Crippen LogP contribution in [-0.4, -0.2) is 6.35 Å². The van der Waals surface area contributed by atoms with Crippen molar-refractivity contribution in [2.75, 3.05) is 0 Å². The Kier molecular flexibility index (Phi) is 10.3. The molecule has 0 bridgehead atoms. The van der Waals surface area contributed by atoms with E-state index in [4.69, 9.17) is 4.65 Å². The molecule has 57 heavy (non-hydrogen) atoms. The van der Waals surface area contributed by atoms with Crippen LogP contribution in [0.5, 0.6) is 0 Å². The van der Waals surface area contributed by atoms with Crippen molar-refractivity contribution in [2.24, 2.45) is 0 Å². The van der Waals surface area contributed by atoms with E-state index in [9.17, 15) is 17.6 Å². The Hall–Kier alpha value is -5.11. The Bertz CT molecular complexity index is 2340. The molecule has 5 aromatic carbocycles. The lowest BCUT2D eigenvalue weighted by Crippen LogP contribution is -2.65. The number of benzene rings is 5. The molecule has 1 aliphatic rings. The number of rotatable bonds is 5. The van der Waals surface area contributed by atoms with Gasteiger partial charge in [0, 0.05) is 5.56 Å². The zero-order valence-corrected chi connectivity index (χ0v) is 27.9. The molecule has 0 unspecified atom stereocenters. The molecule has 0 spiro atoms. The van der Waals surface area contributed by atoms with Gasteiger partial charge in [0.2, 0.25) is 64.5 Å². The minimum atomic E-state index is -6.88. The van der Waals surface area contributed by atoms with Crippen molar-refractivity contribution < 1.29 is 92.5 Å². The average molecular weight is 856 g/mol. The minimum absolute atomic E-state index is 0.108. The average Bonchev–Trinajstić information content (AvgIpc) is 3.48. The van der Waals surface area contributed by atoms with Crippen LogP contribution in [0.25, 0.3) is 0 Å². The molecule has 0 N–H and O–H groups in total. The third-order valence-corrected chi connectivity index (χ3v) is 14.0. The lowest BCUT2D eigenvalue weighted by atomic mass is 9.30. The topological polar surface area (TPSA) is 9.23 Å². The van der Waals surface area contributed by atoms with Crippen molar-refractivity contribution in [1.29, 1.82) is 0 Å². The largest absolute Gasteiger partial charge is 0.540 e. The van der Waals surface area contributed by atoms with Crippen molar-refractivity contribution in [3.63, 3.8) is 0 Å². The van der Waals surface area contributed by atoms with E-state index in [2.05, 4.69) is 0 Å². The molecule has 1 fully saturated rings. The van der Waals surface area contributed by atoms with Crippen molar-refractivity contribution in [3.8, 4) is 0 Å². The fraction of sp³-hybridized carbons (Fsp3) is 0.0588. The Balaban J connectivity index is 2.10. The summed E-state index contributed by atoms with van der Waals surface area (Å²) in [7, 11) is -6.88. The van der Waals surface area contributed by atoms with Gasteiger partial charge in [-0.25, -0.2) is 70.2 Å². The number of hydrogen-bond acceptors (Lipinski definition) is 1. The van der Waals surface area contributed by atoms with Crippen LogP contribution in [0.15, 0.2) is 41.6 Å². The predicted molar refractivity (Wildman–Crippen MR) is 160 cm³/mol. The third-order valence-electron chi connectivity index (χ3n) is 9.27. The molecule has 6 rings (SSSR count). The van der Waals surface area contributed by atoms with E-state index in [1.165, 1.54) is 0 Å². The van der Waals surface area contributed by atoms with E-state index >= 15 is 70.2 Å². The summed E-state index contributed by atoms with van der Waals surface area (Å²) in [6.45, 7) is 0.327. The van der Waals surface area contributed by atoms with Gasteiger partial charge in [-0.1, -0.05) is 47.3 Å². The van der Waals surface area contributed by atoms with E-state index in [1.807, 2.05) is 0 Å². The van der Waals surface area contributed by atoms with Gasteiger partial charge in [-0.2, -0.15) is 17.6 Å². The van der Waals surface area contributed by atoms with Crippen LogP contribution >= 0.6 is 7.26 Å². The summed E-state index contributed by atoms with van der Waals surface area (Å²) in [6, 6.07) is 3.76. The van der Waals surface area contributed by atoms with E-state index < -0.39 is 168 Å². The molecule has 1 aliphatic heterocycles. The molecule has 0 aliphatic carbocycles. The first-order valence-corrected chi connectivity index (χ1v) is 17.0. The summed E-state index contributed by atoms with van der Waals surface area (Å²) in [5.74, 6) is -67.3. The normalized spacial score (nSPS) is 16.9. The molecule has 0 saturated carbocycles. The van der Waals surface area contributed by atoms with Crippen LogP contribution in [0.3, 0.4) is 0 Å². The molecule has 1 nitrogen and oxygen atoms in total. The Labute approximate surface area is 304 Å². The monoisotopic (exact) mass is 856 g/mol. The standard InChI is InChI=1S/C34H10BF20OP/c1-2-9-35(10-12(36)16(40)20(44)17(41)13(10)37,11-14(38)18(42)21(45)19(43)15(11)39)56-34(8-6-4-3-5-7-8)57(9,32-28(52)24(48)22(46)25(49)29(32)53)33-30(54)26(50)23(47)27(51)31(33)55/h2-7,34H,1H3/b9-2-/t34-/m1/s1. The molecule has 0 radical (unpaired) electrons. The van der Waals surface area contributed by atoms with Crippen LogP contribution in [0.1, 0.15) is 18.3 Å². The second-order valence-corrected chi connectivity index (χ2v) is 15.3. The fourth-order valence-corrected chi connectivity index (χ4v) is 12.5. The maximum Gasteiger partial charge on any atom is 0.249 e. The highest BCUT2D eigenvalue weighted by Crippen LogP contribution is 2.81. The van der Waals surface area contributed by atoms with E-state index in [-0.39, 0.29) is 6.08 Å². The summed E-state index contributed by atoms with van der Waals surface area (Å²) in [5, 5.41) is -7.74. The van der Waals surface area contributed by atoms with Crippen LogP contribution in [0.4, 0.5) is 87.8 Å². The highest BCUT2D eigenvalue weighted by atomic mass is 31.2. The van der Waals surface area contributed by atoms with Gasteiger partial charge in [-0.15, -0.1) is 0 Å². The first-order valence-electron chi connectivity index (χ1n) is 15.1. The molecule has 0 amide bonds. The molecular formula is C34H10BF20OP. The number of allylic oxidation sites excluding steroid dienone is 1. The quantitative estimate of drug-likeness (QED) is 0.0564. The van der Waals surface area contributed by atoms with Gasteiger partial charge in [-0.3, -0.25) is 0 Å². The third kappa shape index (κ3) is 5.27. The zero-order valence-electron chi connectivity index (χ0n) is 27.0. The molecule has 5 aromatic rings. The Morgan fingerprint density at radius 2 is 0.667 bits per heavy atom. The summed E-state index contributed by atoms with van der Waals surface area (Å²) < 4.78 is 315. The van der Waals surface area contributed by atoms with Gasteiger partial charge in [0.1, 0.15) is 30.5 Å². The van der Waals surface area contributed by atoms with Crippen LogP contribution < -0.4 is 21.5 Å². The molecule has 1 saturated heterocycles. The first kappa shape index (κ1) is 41.5. The van der Waals surface area contributed by atoms with Crippen molar-refractivity contribution in [2.45, 2.75) is 12.8 Å². The maximum absolute atomic E-state index is 16.4. The molecule has 1 heterocycles. The van der Waals surface area contributed by atoms with Crippen LogP contribution in [0.2, 0.25) is 0 Å². The van der Waals surface area contributed by atoms with Crippen LogP contribution in [0, 0.1) is 116 Å². The zero-order chi connectivity index (χ0) is 42.5. The van der Waals surface area contributed by atoms with Crippen molar-refractivity contribution >= 4 is 35.1 Å². The van der Waals surface area contributed by atoms with Crippen molar-refractivity contribution in [3.05, 3.63) is 164 Å². The van der Waals surface area contributed by atoms with Gasteiger partial charge in [0.15, 0.2) is 51.4 Å². The Morgan fingerprint density at radius 1 is 0.404 bits per heavy atom. The SMILES string of the molecule is C/C=C1/[B-](c2c(F)c(F)c(F)c(F)c2F)(c2c(F)c(F)c(F)c(F)c2F)O[C@@H](c2ccccc2)[P+]1(c1c(F)c(F)c(F)c(F)c1F)c1c(F)c(F)c(F)c(F)c1F. The summed E-state index contributed by atoms with van der Waals surface area (Å²) in [6.07, 6.45) is -6.25. The smallest absolute Gasteiger partial charge is 0.249 e. The molecule has 1 atom stereocenters. The molecule has 0 aromatic heterocycles. The molecule has 300 valence electrons. The molecule has 23 heteroatoms. The number of halogens is 20. The van der Waals surface area contributed by atoms with Gasteiger partial charge in [-0.05, 0) is 12.1 Å².